The van der Waals surface area contributed by atoms with E-state index in [0.29, 0.717) is 13.2 Å². The van der Waals surface area contributed by atoms with Crippen molar-refractivity contribution in [3.63, 3.8) is 0 Å². The van der Waals surface area contributed by atoms with Crippen LogP contribution in [0.2, 0.25) is 0 Å². The highest BCUT2D eigenvalue weighted by Crippen LogP contribution is 2.26. The average Bonchev–Trinajstić information content (AvgIpc) is 2.71. The maximum Gasteiger partial charge on any atom is 0.165 e. The van der Waals surface area contributed by atoms with E-state index in [1.807, 2.05) is 6.92 Å². The summed E-state index contributed by atoms with van der Waals surface area (Å²) < 4.78 is 17.0. The predicted molar refractivity (Wildman–Crippen MR) is 69.1 cm³/mol. The van der Waals surface area contributed by atoms with Crippen molar-refractivity contribution >= 4 is 0 Å². The maximum absolute atomic E-state index is 5.80. The molecule has 1 rings (SSSR count). The first-order chi connectivity index (χ1) is 8.20. The molecule has 0 aromatic rings. The van der Waals surface area contributed by atoms with Crippen LogP contribution in [0.5, 0.6) is 0 Å². The molecule has 0 aromatic carbocycles. The molecule has 1 aliphatic heterocycles. The Balaban J connectivity index is 1.94. The van der Waals surface area contributed by atoms with Gasteiger partial charge in [-0.3, -0.25) is 0 Å². The van der Waals surface area contributed by atoms with Crippen molar-refractivity contribution in [3.05, 3.63) is 0 Å². The fourth-order valence-corrected chi connectivity index (χ4v) is 1.98. The van der Waals surface area contributed by atoms with Gasteiger partial charge < -0.3 is 14.2 Å². The molecule has 1 aliphatic rings. The molecule has 0 aromatic heterocycles. The molecule has 3 heteroatoms. The molecule has 0 amide bonds. The van der Waals surface area contributed by atoms with Crippen molar-refractivity contribution in [3.8, 4) is 0 Å². The largest absolute Gasteiger partial charge is 0.379 e. The second kappa shape index (κ2) is 8.06. The van der Waals surface area contributed by atoms with Crippen LogP contribution >= 0.6 is 0 Å². The van der Waals surface area contributed by atoms with Crippen molar-refractivity contribution in [2.45, 2.75) is 71.2 Å². The van der Waals surface area contributed by atoms with Crippen LogP contribution in [0.3, 0.4) is 0 Å². The molecule has 0 radical (unpaired) electrons. The zero-order valence-electron chi connectivity index (χ0n) is 11.7. The van der Waals surface area contributed by atoms with Crippen LogP contribution in [-0.4, -0.2) is 31.7 Å². The fourth-order valence-electron chi connectivity index (χ4n) is 1.98. The molecule has 2 atom stereocenters. The first kappa shape index (κ1) is 14.9. The summed E-state index contributed by atoms with van der Waals surface area (Å²) in [5.74, 6) is -0.380. The molecule has 0 aliphatic carbocycles. The predicted octanol–water partition coefficient (Wildman–Crippen LogP) is 3.52. The normalized spacial score (nSPS) is 28.8. The van der Waals surface area contributed by atoms with Gasteiger partial charge in [-0.25, -0.2) is 0 Å². The van der Waals surface area contributed by atoms with Crippen molar-refractivity contribution in [1.29, 1.82) is 0 Å². The SMILES string of the molecule is CCCCCCCOCC1COC(C)(CC)O1. The Morgan fingerprint density at radius 3 is 2.59 bits per heavy atom. The number of ether oxygens (including phenoxy) is 3. The summed E-state index contributed by atoms with van der Waals surface area (Å²) in [7, 11) is 0. The van der Waals surface area contributed by atoms with E-state index in [1.165, 1.54) is 32.1 Å². The van der Waals surface area contributed by atoms with E-state index in [0.717, 1.165) is 13.0 Å². The monoisotopic (exact) mass is 244 g/mol. The van der Waals surface area contributed by atoms with Gasteiger partial charge in [0.25, 0.3) is 0 Å². The Labute approximate surface area is 106 Å². The summed E-state index contributed by atoms with van der Waals surface area (Å²) in [5.41, 5.74) is 0. The first-order valence-electron chi connectivity index (χ1n) is 7.09. The van der Waals surface area contributed by atoms with E-state index in [9.17, 15) is 0 Å². The van der Waals surface area contributed by atoms with E-state index < -0.39 is 0 Å². The van der Waals surface area contributed by atoms with Gasteiger partial charge in [-0.15, -0.1) is 0 Å². The Kier molecular flexibility index (Phi) is 7.09. The lowest BCUT2D eigenvalue weighted by atomic mass is 10.2. The minimum atomic E-state index is -0.380. The highest BCUT2D eigenvalue weighted by atomic mass is 16.7. The molecule has 0 bridgehead atoms. The molecule has 0 N–H and O–H groups in total. The minimum absolute atomic E-state index is 0.121. The Morgan fingerprint density at radius 2 is 1.94 bits per heavy atom. The van der Waals surface area contributed by atoms with Crippen LogP contribution in [0, 0.1) is 0 Å². The highest BCUT2D eigenvalue weighted by Gasteiger charge is 2.35. The Bertz CT molecular complexity index is 196. The smallest absolute Gasteiger partial charge is 0.165 e. The Hall–Kier alpha value is -0.120. The van der Waals surface area contributed by atoms with Crippen LogP contribution in [-0.2, 0) is 14.2 Å². The molecule has 102 valence electrons. The average molecular weight is 244 g/mol. The summed E-state index contributed by atoms with van der Waals surface area (Å²) in [6, 6.07) is 0. The van der Waals surface area contributed by atoms with Gasteiger partial charge in [-0.1, -0.05) is 39.5 Å². The van der Waals surface area contributed by atoms with Crippen LogP contribution < -0.4 is 0 Å². The van der Waals surface area contributed by atoms with E-state index in [4.69, 9.17) is 14.2 Å². The first-order valence-corrected chi connectivity index (χ1v) is 7.09. The molecule has 3 nitrogen and oxygen atoms in total. The molecular weight excluding hydrogens is 216 g/mol. The zero-order chi connectivity index (χ0) is 12.6. The van der Waals surface area contributed by atoms with Crippen LogP contribution in [0.4, 0.5) is 0 Å². The second-order valence-corrected chi connectivity index (χ2v) is 5.03. The molecule has 0 spiro atoms. The van der Waals surface area contributed by atoms with Gasteiger partial charge in [0.1, 0.15) is 6.10 Å². The standard InChI is InChI=1S/C14H28O3/c1-4-6-7-8-9-10-15-11-13-12-16-14(3,5-2)17-13/h13H,4-12H2,1-3H3. The van der Waals surface area contributed by atoms with Gasteiger partial charge in [0.2, 0.25) is 0 Å². The molecule has 0 saturated carbocycles. The van der Waals surface area contributed by atoms with Gasteiger partial charge in [-0.2, -0.15) is 0 Å². The third-order valence-electron chi connectivity index (χ3n) is 3.33. The summed E-state index contributed by atoms with van der Waals surface area (Å²) in [5, 5.41) is 0. The van der Waals surface area contributed by atoms with Gasteiger partial charge >= 0.3 is 0 Å². The third kappa shape index (κ3) is 5.84. The van der Waals surface area contributed by atoms with Crippen LogP contribution in [0.1, 0.15) is 59.3 Å². The molecule has 1 heterocycles. The van der Waals surface area contributed by atoms with Gasteiger partial charge in [-0.05, 0) is 19.8 Å². The van der Waals surface area contributed by atoms with Crippen molar-refractivity contribution < 1.29 is 14.2 Å². The van der Waals surface area contributed by atoms with Crippen LogP contribution in [0.25, 0.3) is 0 Å². The summed E-state index contributed by atoms with van der Waals surface area (Å²) in [6.07, 6.45) is 7.42. The molecule has 2 unspecified atom stereocenters. The highest BCUT2D eigenvalue weighted by molar-refractivity contribution is 4.73. The number of hydrogen-bond acceptors (Lipinski definition) is 3. The molecular formula is C14H28O3. The van der Waals surface area contributed by atoms with E-state index in [2.05, 4.69) is 13.8 Å². The molecule has 1 fully saturated rings. The van der Waals surface area contributed by atoms with Gasteiger partial charge in [0.15, 0.2) is 5.79 Å². The van der Waals surface area contributed by atoms with E-state index in [-0.39, 0.29) is 11.9 Å². The zero-order valence-corrected chi connectivity index (χ0v) is 11.7. The van der Waals surface area contributed by atoms with Gasteiger partial charge in [0, 0.05) is 6.61 Å². The van der Waals surface area contributed by atoms with Crippen molar-refractivity contribution in [2.75, 3.05) is 19.8 Å². The fraction of sp³-hybridized carbons (Fsp3) is 1.00. The minimum Gasteiger partial charge on any atom is -0.379 e. The van der Waals surface area contributed by atoms with Crippen LogP contribution in [0.15, 0.2) is 0 Å². The molecule has 1 saturated heterocycles. The number of rotatable bonds is 9. The topological polar surface area (TPSA) is 27.7 Å². The number of unbranched alkanes of at least 4 members (excludes halogenated alkanes) is 4. The second-order valence-electron chi connectivity index (χ2n) is 5.03. The van der Waals surface area contributed by atoms with E-state index >= 15 is 0 Å². The lowest BCUT2D eigenvalue weighted by Crippen LogP contribution is -2.27. The third-order valence-corrected chi connectivity index (χ3v) is 3.33. The van der Waals surface area contributed by atoms with E-state index in [1.54, 1.807) is 0 Å². The summed E-state index contributed by atoms with van der Waals surface area (Å²) >= 11 is 0. The summed E-state index contributed by atoms with van der Waals surface area (Å²) in [6.45, 7) is 8.50. The lowest BCUT2D eigenvalue weighted by molar-refractivity contribution is -0.160. The van der Waals surface area contributed by atoms with Crippen molar-refractivity contribution in [1.82, 2.24) is 0 Å². The van der Waals surface area contributed by atoms with Gasteiger partial charge in [0.05, 0.1) is 13.2 Å². The quantitative estimate of drug-likeness (QED) is 0.581. The number of hydrogen-bond donors (Lipinski definition) is 0. The lowest BCUT2D eigenvalue weighted by Gasteiger charge is -2.21. The van der Waals surface area contributed by atoms with Crippen molar-refractivity contribution in [2.24, 2.45) is 0 Å². The summed E-state index contributed by atoms with van der Waals surface area (Å²) in [4.78, 5) is 0. The maximum atomic E-state index is 5.80. The Morgan fingerprint density at radius 1 is 1.18 bits per heavy atom. The molecule has 17 heavy (non-hydrogen) atoms.